The average Bonchev–Trinajstić information content (AvgIpc) is 2.11. The summed E-state index contributed by atoms with van der Waals surface area (Å²) in [6.45, 7) is 9.33. The van der Waals surface area contributed by atoms with Gasteiger partial charge in [-0.2, -0.15) is 0 Å². The lowest BCUT2D eigenvalue weighted by atomic mass is 10.1. The molecule has 80 valence electrons. The van der Waals surface area contributed by atoms with Crippen molar-refractivity contribution >= 4 is 11.7 Å². The molecule has 15 heavy (non-hydrogen) atoms. The molecule has 0 saturated heterocycles. The molecule has 3 heteroatoms. The Hall–Kier alpha value is -1.77. The van der Waals surface area contributed by atoms with Crippen molar-refractivity contribution in [3.63, 3.8) is 0 Å². The summed E-state index contributed by atoms with van der Waals surface area (Å²) in [5, 5.41) is 5.36. The zero-order valence-corrected chi connectivity index (χ0v) is 9.35. The van der Waals surface area contributed by atoms with Gasteiger partial charge in [0.05, 0.1) is 0 Å². The number of hydrogen-bond acceptors (Lipinski definition) is 1. The van der Waals surface area contributed by atoms with Crippen LogP contribution in [0, 0.1) is 13.8 Å². The molecule has 0 saturated carbocycles. The third-order valence-corrected chi connectivity index (χ3v) is 2.18. The lowest BCUT2D eigenvalue weighted by Gasteiger charge is -2.10. The van der Waals surface area contributed by atoms with Crippen LogP contribution in [0.1, 0.15) is 18.1 Å². The molecule has 0 aliphatic rings. The van der Waals surface area contributed by atoms with E-state index in [1.165, 1.54) is 0 Å². The molecule has 2 N–H and O–H groups in total. The number of benzene rings is 1. The molecule has 0 fully saturated rings. The molecule has 1 rings (SSSR count). The fraction of sp³-hybridized carbons (Fsp3) is 0.250. The molecule has 0 bridgehead atoms. The maximum Gasteiger partial charge on any atom is 0.323 e. The molecule has 1 aromatic carbocycles. The zero-order valence-electron chi connectivity index (χ0n) is 9.35. The Labute approximate surface area is 90.2 Å². The quantitative estimate of drug-likeness (QED) is 0.764. The normalized spacial score (nSPS) is 9.53. The summed E-state index contributed by atoms with van der Waals surface area (Å²) in [5.41, 5.74) is 3.68. The summed E-state index contributed by atoms with van der Waals surface area (Å²) < 4.78 is 0. The lowest BCUT2D eigenvalue weighted by Crippen LogP contribution is -2.27. The summed E-state index contributed by atoms with van der Waals surface area (Å²) in [7, 11) is 0. The van der Waals surface area contributed by atoms with Crippen LogP contribution >= 0.6 is 0 Å². The van der Waals surface area contributed by atoms with Crippen molar-refractivity contribution in [2.75, 3.05) is 5.32 Å². The van der Waals surface area contributed by atoms with Crippen LogP contribution in [0.25, 0.3) is 0 Å². The maximum absolute atomic E-state index is 11.4. The van der Waals surface area contributed by atoms with E-state index in [0.717, 1.165) is 16.8 Å². The van der Waals surface area contributed by atoms with Gasteiger partial charge in [0, 0.05) is 11.4 Å². The fourth-order valence-corrected chi connectivity index (χ4v) is 1.23. The Morgan fingerprint density at radius 3 is 2.60 bits per heavy atom. The Balaban J connectivity index is 2.77. The number of carbonyl (C=O) groups excluding carboxylic acids is 1. The van der Waals surface area contributed by atoms with Crippen molar-refractivity contribution in [3.05, 3.63) is 41.6 Å². The largest absolute Gasteiger partial charge is 0.323 e. The van der Waals surface area contributed by atoms with Gasteiger partial charge in [0.15, 0.2) is 0 Å². The van der Waals surface area contributed by atoms with E-state index in [0.29, 0.717) is 5.70 Å². The van der Waals surface area contributed by atoms with Gasteiger partial charge in [0.1, 0.15) is 0 Å². The van der Waals surface area contributed by atoms with Crippen molar-refractivity contribution < 1.29 is 4.79 Å². The van der Waals surface area contributed by atoms with E-state index < -0.39 is 0 Å². The summed E-state index contributed by atoms with van der Waals surface area (Å²) in [5.74, 6) is 0. The van der Waals surface area contributed by atoms with E-state index in [2.05, 4.69) is 17.2 Å². The number of anilines is 1. The number of nitrogens with one attached hydrogen (secondary N) is 2. The van der Waals surface area contributed by atoms with Crippen molar-refractivity contribution in [2.24, 2.45) is 0 Å². The molecule has 0 radical (unpaired) electrons. The SMILES string of the molecule is C=C(C)NC(=O)Nc1cccc(C)c1C. The highest BCUT2D eigenvalue weighted by Gasteiger charge is 2.04. The van der Waals surface area contributed by atoms with Gasteiger partial charge in [-0.05, 0) is 38.0 Å². The van der Waals surface area contributed by atoms with Crippen LogP contribution in [-0.4, -0.2) is 6.03 Å². The number of urea groups is 1. The smallest absolute Gasteiger partial charge is 0.312 e. The fourth-order valence-electron chi connectivity index (χ4n) is 1.23. The van der Waals surface area contributed by atoms with E-state index in [1.54, 1.807) is 6.92 Å². The van der Waals surface area contributed by atoms with Crippen LogP contribution < -0.4 is 10.6 Å². The molecule has 2 amide bonds. The monoisotopic (exact) mass is 204 g/mol. The van der Waals surface area contributed by atoms with Crippen LogP contribution in [0.4, 0.5) is 10.5 Å². The molecule has 3 nitrogen and oxygen atoms in total. The first kappa shape index (κ1) is 11.3. The number of hydrogen-bond donors (Lipinski definition) is 2. The van der Waals surface area contributed by atoms with Crippen LogP contribution in [0.3, 0.4) is 0 Å². The average molecular weight is 204 g/mol. The van der Waals surface area contributed by atoms with E-state index >= 15 is 0 Å². The highest BCUT2D eigenvalue weighted by atomic mass is 16.2. The second kappa shape index (κ2) is 4.64. The van der Waals surface area contributed by atoms with Crippen LogP contribution in [0.5, 0.6) is 0 Å². The highest BCUT2D eigenvalue weighted by molar-refractivity contribution is 5.91. The second-order valence-corrected chi connectivity index (χ2v) is 3.61. The summed E-state index contributed by atoms with van der Waals surface area (Å²) in [6.07, 6.45) is 0. The third-order valence-electron chi connectivity index (χ3n) is 2.18. The van der Waals surface area contributed by atoms with E-state index in [-0.39, 0.29) is 6.03 Å². The predicted octanol–water partition coefficient (Wildman–Crippen LogP) is 2.96. The number of amides is 2. The van der Waals surface area contributed by atoms with Gasteiger partial charge in [0.25, 0.3) is 0 Å². The Kier molecular flexibility index (Phi) is 3.50. The zero-order chi connectivity index (χ0) is 11.4. The van der Waals surface area contributed by atoms with E-state index in [4.69, 9.17) is 0 Å². The van der Waals surface area contributed by atoms with Crippen molar-refractivity contribution in [3.8, 4) is 0 Å². The van der Waals surface area contributed by atoms with E-state index in [9.17, 15) is 4.79 Å². The van der Waals surface area contributed by atoms with Crippen LogP contribution in [0.2, 0.25) is 0 Å². The maximum atomic E-state index is 11.4. The van der Waals surface area contributed by atoms with E-state index in [1.807, 2.05) is 32.0 Å². The molecule has 0 unspecified atom stereocenters. The first-order chi connectivity index (χ1) is 7.00. The second-order valence-electron chi connectivity index (χ2n) is 3.61. The number of rotatable bonds is 2. The Morgan fingerprint density at radius 1 is 1.33 bits per heavy atom. The third kappa shape index (κ3) is 3.13. The number of carbonyl (C=O) groups is 1. The van der Waals surface area contributed by atoms with Gasteiger partial charge in [-0.1, -0.05) is 18.7 Å². The molecule has 0 aliphatic heterocycles. The number of aryl methyl sites for hydroxylation is 1. The first-order valence-electron chi connectivity index (χ1n) is 4.80. The lowest BCUT2D eigenvalue weighted by molar-refractivity contribution is 0.254. The highest BCUT2D eigenvalue weighted by Crippen LogP contribution is 2.17. The molecule has 0 atom stereocenters. The summed E-state index contributed by atoms with van der Waals surface area (Å²) in [6, 6.07) is 5.55. The van der Waals surface area contributed by atoms with Gasteiger partial charge in [0.2, 0.25) is 0 Å². The van der Waals surface area contributed by atoms with Crippen molar-refractivity contribution in [1.82, 2.24) is 5.32 Å². The standard InChI is InChI=1S/C12H16N2O/c1-8(2)13-12(15)14-11-7-5-6-9(3)10(11)4/h5-7H,1H2,2-4H3,(H2,13,14,15). The molecular weight excluding hydrogens is 188 g/mol. The molecule has 0 heterocycles. The van der Waals surface area contributed by atoms with Gasteiger partial charge in [-0.25, -0.2) is 4.79 Å². The molecule has 1 aromatic rings. The minimum absolute atomic E-state index is 0.254. The first-order valence-corrected chi connectivity index (χ1v) is 4.80. The minimum atomic E-state index is -0.254. The van der Waals surface area contributed by atoms with Crippen molar-refractivity contribution in [2.45, 2.75) is 20.8 Å². The minimum Gasteiger partial charge on any atom is -0.312 e. The summed E-state index contributed by atoms with van der Waals surface area (Å²) >= 11 is 0. The number of allylic oxidation sites excluding steroid dienone is 1. The molecular formula is C12H16N2O. The van der Waals surface area contributed by atoms with Gasteiger partial charge < -0.3 is 10.6 Å². The topological polar surface area (TPSA) is 41.1 Å². The molecule has 0 aromatic heterocycles. The van der Waals surface area contributed by atoms with Gasteiger partial charge in [-0.3, -0.25) is 0 Å². The molecule has 0 aliphatic carbocycles. The molecule has 0 spiro atoms. The van der Waals surface area contributed by atoms with Gasteiger partial charge in [-0.15, -0.1) is 0 Å². The summed E-state index contributed by atoms with van der Waals surface area (Å²) in [4.78, 5) is 11.4. The van der Waals surface area contributed by atoms with Crippen LogP contribution in [-0.2, 0) is 0 Å². The van der Waals surface area contributed by atoms with Crippen LogP contribution in [0.15, 0.2) is 30.5 Å². The van der Waals surface area contributed by atoms with Gasteiger partial charge >= 0.3 is 6.03 Å². The predicted molar refractivity (Wildman–Crippen MR) is 62.9 cm³/mol. The Bertz CT molecular complexity index is 397. The Morgan fingerprint density at radius 2 is 2.00 bits per heavy atom. The van der Waals surface area contributed by atoms with Crippen molar-refractivity contribution in [1.29, 1.82) is 0 Å².